The number of benzene rings is 1. The van der Waals surface area contributed by atoms with Crippen LogP contribution in [0.4, 0.5) is 5.69 Å². The van der Waals surface area contributed by atoms with Gasteiger partial charge in [-0.25, -0.2) is 4.79 Å². The van der Waals surface area contributed by atoms with E-state index in [1.54, 1.807) is 19.1 Å². The van der Waals surface area contributed by atoms with Crippen LogP contribution in [0.1, 0.15) is 17.3 Å². The standard InChI is InChI=1S/C13H11NO4/c1-2-18-13(17)8-5-3-7(4-6-8)9-10(14)12(16)11(9)15/h3-6H,2,14H2,1H3. The molecule has 0 atom stereocenters. The zero-order valence-corrected chi connectivity index (χ0v) is 9.73. The van der Waals surface area contributed by atoms with Crippen molar-refractivity contribution < 1.29 is 9.53 Å². The Morgan fingerprint density at radius 1 is 1.17 bits per heavy atom. The van der Waals surface area contributed by atoms with Crippen LogP contribution >= 0.6 is 0 Å². The zero-order valence-electron chi connectivity index (χ0n) is 9.73. The molecule has 2 rings (SSSR count). The Hall–Kier alpha value is -2.43. The second-order valence-corrected chi connectivity index (χ2v) is 3.74. The fourth-order valence-corrected chi connectivity index (χ4v) is 1.68. The molecule has 0 radical (unpaired) electrons. The average Bonchev–Trinajstić information content (AvgIpc) is 2.39. The lowest BCUT2D eigenvalue weighted by Crippen LogP contribution is -2.35. The Morgan fingerprint density at radius 3 is 2.28 bits per heavy atom. The Kier molecular flexibility index (Phi) is 2.97. The fourth-order valence-electron chi connectivity index (χ4n) is 1.68. The summed E-state index contributed by atoms with van der Waals surface area (Å²) in [5.74, 6) is -0.429. The van der Waals surface area contributed by atoms with Crippen molar-refractivity contribution in [3.8, 4) is 11.1 Å². The fraction of sp³-hybridized carbons (Fsp3) is 0.154. The normalized spacial score (nSPS) is 10.5. The molecule has 0 spiro atoms. The number of rotatable bonds is 3. The minimum absolute atomic E-state index is 0.0242. The van der Waals surface area contributed by atoms with Gasteiger partial charge >= 0.3 is 5.97 Å². The molecular formula is C13H11NO4. The number of nitrogen functional groups attached to an aromatic ring is 1. The zero-order chi connectivity index (χ0) is 13.3. The van der Waals surface area contributed by atoms with Gasteiger partial charge in [0, 0.05) is 0 Å². The van der Waals surface area contributed by atoms with E-state index in [1.165, 1.54) is 12.1 Å². The van der Waals surface area contributed by atoms with Crippen molar-refractivity contribution in [2.45, 2.75) is 6.92 Å². The van der Waals surface area contributed by atoms with Gasteiger partial charge < -0.3 is 10.5 Å². The van der Waals surface area contributed by atoms with E-state index in [9.17, 15) is 14.4 Å². The highest BCUT2D eigenvalue weighted by atomic mass is 16.5. The Labute approximate surface area is 103 Å². The van der Waals surface area contributed by atoms with Crippen molar-refractivity contribution in [1.82, 2.24) is 0 Å². The van der Waals surface area contributed by atoms with E-state index < -0.39 is 16.8 Å². The van der Waals surface area contributed by atoms with Gasteiger partial charge in [-0.3, -0.25) is 9.59 Å². The van der Waals surface area contributed by atoms with Crippen molar-refractivity contribution in [2.75, 3.05) is 12.3 Å². The summed E-state index contributed by atoms with van der Waals surface area (Å²) in [6, 6.07) is 6.20. The van der Waals surface area contributed by atoms with Gasteiger partial charge in [-0.2, -0.15) is 0 Å². The number of carbonyl (C=O) groups is 1. The number of hydrogen-bond acceptors (Lipinski definition) is 5. The lowest BCUT2D eigenvalue weighted by atomic mass is 9.98. The third-order valence-corrected chi connectivity index (χ3v) is 2.63. The second kappa shape index (κ2) is 4.44. The maximum Gasteiger partial charge on any atom is 0.338 e. The lowest BCUT2D eigenvalue weighted by molar-refractivity contribution is 0.0526. The smallest absolute Gasteiger partial charge is 0.338 e. The molecule has 0 bridgehead atoms. The second-order valence-electron chi connectivity index (χ2n) is 3.74. The molecule has 0 saturated carbocycles. The summed E-state index contributed by atoms with van der Waals surface area (Å²) in [5, 5.41) is 0. The van der Waals surface area contributed by atoms with Crippen molar-refractivity contribution in [1.29, 1.82) is 0 Å². The van der Waals surface area contributed by atoms with Crippen LogP contribution < -0.4 is 16.6 Å². The molecule has 18 heavy (non-hydrogen) atoms. The molecule has 5 nitrogen and oxygen atoms in total. The van der Waals surface area contributed by atoms with Crippen molar-refractivity contribution in [3.05, 3.63) is 50.3 Å². The molecule has 0 saturated heterocycles. The Bertz CT molecular complexity index is 663. The number of carbonyl (C=O) groups excluding carboxylic acids is 1. The van der Waals surface area contributed by atoms with E-state index >= 15 is 0 Å². The molecule has 0 heterocycles. The first kappa shape index (κ1) is 12.0. The van der Waals surface area contributed by atoms with Gasteiger partial charge in [0.05, 0.1) is 23.4 Å². The first-order chi connectivity index (χ1) is 8.56. The molecular weight excluding hydrogens is 234 g/mol. The van der Waals surface area contributed by atoms with Crippen LogP contribution in [0.3, 0.4) is 0 Å². The van der Waals surface area contributed by atoms with Crippen LogP contribution in [0.25, 0.3) is 11.1 Å². The highest BCUT2D eigenvalue weighted by molar-refractivity contribution is 5.90. The van der Waals surface area contributed by atoms with E-state index in [0.29, 0.717) is 17.7 Å². The molecule has 92 valence electrons. The average molecular weight is 245 g/mol. The van der Waals surface area contributed by atoms with Crippen LogP contribution in [-0.4, -0.2) is 12.6 Å². The number of anilines is 1. The number of ether oxygens (including phenoxy) is 1. The lowest BCUT2D eigenvalue weighted by Gasteiger charge is -2.07. The maximum atomic E-state index is 11.4. The third-order valence-electron chi connectivity index (χ3n) is 2.63. The molecule has 5 heteroatoms. The molecule has 0 unspecified atom stereocenters. The summed E-state index contributed by atoms with van der Waals surface area (Å²) in [6.45, 7) is 2.02. The third kappa shape index (κ3) is 1.79. The molecule has 0 fully saturated rings. The van der Waals surface area contributed by atoms with E-state index in [1.807, 2.05) is 0 Å². The van der Waals surface area contributed by atoms with Crippen LogP contribution in [0.5, 0.6) is 0 Å². The molecule has 0 amide bonds. The summed E-state index contributed by atoms with van der Waals surface area (Å²) in [5.41, 5.74) is 5.33. The summed E-state index contributed by atoms with van der Waals surface area (Å²) in [7, 11) is 0. The van der Waals surface area contributed by atoms with E-state index in [2.05, 4.69) is 0 Å². The van der Waals surface area contributed by atoms with Gasteiger partial charge in [-0.1, -0.05) is 12.1 Å². The first-order valence-electron chi connectivity index (χ1n) is 5.42. The Morgan fingerprint density at radius 2 is 1.78 bits per heavy atom. The van der Waals surface area contributed by atoms with Crippen molar-refractivity contribution >= 4 is 11.7 Å². The molecule has 0 aliphatic heterocycles. The summed E-state index contributed by atoms with van der Waals surface area (Å²) in [4.78, 5) is 33.7. The predicted molar refractivity (Wildman–Crippen MR) is 67.2 cm³/mol. The summed E-state index contributed by atoms with van der Waals surface area (Å²) >= 11 is 0. The van der Waals surface area contributed by atoms with E-state index in [-0.39, 0.29) is 11.3 Å². The van der Waals surface area contributed by atoms with E-state index in [4.69, 9.17) is 10.5 Å². The number of esters is 1. The Balaban J connectivity index is 2.32. The topological polar surface area (TPSA) is 86.5 Å². The highest BCUT2D eigenvalue weighted by Crippen LogP contribution is 2.21. The highest BCUT2D eigenvalue weighted by Gasteiger charge is 2.19. The van der Waals surface area contributed by atoms with Crippen LogP contribution in [0.2, 0.25) is 0 Å². The number of nitrogens with two attached hydrogens (primary N) is 1. The van der Waals surface area contributed by atoms with Gasteiger partial charge in [0.1, 0.15) is 0 Å². The van der Waals surface area contributed by atoms with Gasteiger partial charge in [-0.15, -0.1) is 0 Å². The van der Waals surface area contributed by atoms with Crippen molar-refractivity contribution in [2.24, 2.45) is 0 Å². The van der Waals surface area contributed by atoms with Crippen LogP contribution in [0.15, 0.2) is 33.9 Å². The van der Waals surface area contributed by atoms with E-state index in [0.717, 1.165) is 0 Å². The quantitative estimate of drug-likeness (QED) is 0.635. The monoisotopic (exact) mass is 245 g/mol. The molecule has 2 N–H and O–H groups in total. The van der Waals surface area contributed by atoms with Gasteiger partial charge in [0.15, 0.2) is 0 Å². The number of hydrogen-bond donors (Lipinski definition) is 1. The summed E-state index contributed by atoms with van der Waals surface area (Å²) < 4.78 is 4.83. The van der Waals surface area contributed by atoms with Crippen molar-refractivity contribution in [3.63, 3.8) is 0 Å². The minimum atomic E-state index is -0.653. The predicted octanol–water partition coefficient (Wildman–Crippen LogP) is 0.709. The SMILES string of the molecule is CCOC(=O)c1ccc(-c2c(N)c(=O)c2=O)cc1. The first-order valence-corrected chi connectivity index (χ1v) is 5.42. The maximum absolute atomic E-state index is 11.4. The van der Waals surface area contributed by atoms with Gasteiger partial charge in [-0.05, 0) is 24.6 Å². The largest absolute Gasteiger partial charge is 0.462 e. The van der Waals surface area contributed by atoms with Gasteiger partial charge in [0.25, 0.3) is 0 Å². The molecule has 0 aliphatic carbocycles. The summed E-state index contributed by atoms with van der Waals surface area (Å²) in [6.07, 6.45) is 0. The van der Waals surface area contributed by atoms with Crippen LogP contribution in [-0.2, 0) is 4.74 Å². The van der Waals surface area contributed by atoms with Crippen LogP contribution in [0, 0.1) is 0 Å². The van der Waals surface area contributed by atoms with Gasteiger partial charge in [0.2, 0.25) is 10.9 Å². The molecule has 0 aliphatic rings. The molecule has 0 aromatic heterocycles. The minimum Gasteiger partial charge on any atom is -0.462 e. The molecule has 2 aromatic rings. The molecule has 2 aromatic carbocycles.